The molecular formula is C13H17N3O. The molecule has 2 N–H and O–H groups in total. The summed E-state index contributed by atoms with van der Waals surface area (Å²) in [5.74, 6) is 0.0183. The molecule has 17 heavy (non-hydrogen) atoms. The van der Waals surface area contributed by atoms with Gasteiger partial charge in [-0.3, -0.25) is 9.78 Å². The molecule has 2 rings (SSSR count). The first kappa shape index (κ1) is 11.8. The van der Waals surface area contributed by atoms with E-state index in [1.807, 2.05) is 19.9 Å². The van der Waals surface area contributed by atoms with Crippen LogP contribution in [0.1, 0.15) is 18.1 Å². The molecule has 1 aromatic rings. The molecule has 90 valence electrons. The van der Waals surface area contributed by atoms with Crippen LogP contribution >= 0.6 is 0 Å². The summed E-state index contributed by atoms with van der Waals surface area (Å²) in [4.78, 5) is 15.9. The van der Waals surface area contributed by atoms with E-state index in [-0.39, 0.29) is 5.91 Å². The van der Waals surface area contributed by atoms with Gasteiger partial charge in [0, 0.05) is 37.6 Å². The zero-order valence-electron chi connectivity index (χ0n) is 10.2. The van der Waals surface area contributed by atoms with Crippen LogP contribution < -0.4 is 10.6 Å². The lowest BCUT2D eigenvalue weighted by molar-refractivity contribution is -0.117. The molecule has 4 heteroatoms. The van der Waals surface area contributed by atoms with Gasteiger partial charge in [0.2, 0.25) is 5.91 Å². The molecule has 1 aliphatic rings. The first-order valence-electron chi connectivity index (χ1n) is 5.75. The third-order valence-corrected chi connectivity index (χ3v) is 3.13. The Hall–Kier alpha value is -1.68. The Labute approximate surface area is 101 Å². The van der Waals surface area contributed by atoms with Crippen LogP contribution in [0, 0.1) is 6.92 Å². The predicted molar refractivity (Wildman–Crippen MR) is 66.4 cm³/mol. The summed E-state index contributed by atoms with van der Waals surface area (Å²) in [6.07, 6.45) is 3.55. The third-order valence-electron chi connectivity index (χ3n) is 3.13. The molecule has 0 aromatic carbocycles. The van der Waals surface area contributed by atoms with E-state index in [0.717, 1.165) is 29.8 Å². The van der Waals surface area contributed by atoms with Gasteiger partial charge in [0.1, 0.15) is 0 Å². The Bertz CT molecular complexity index is 459. The maximum absolute atomic E-state index is 11.8. The zero-order valence-corrected chi connectivity index (χ0v) is 10.2. The number of amides is 1. The Morgan fingerprint density at radius 1 is 1.53 bits per heavy atom. The Kier molecular flexibility index (Phi) is 3.54. The van der Waals surface area contributed by atoms with E-state index in [1.54, 1.807) is 12.4 Å². The minimum Gasteiger partial charge on any atom is -0.348 e. The van der Waals surface area contributed by atoms with Crippen LogP contribution in [0.5, 0.6) is 0 Å². The molecule has 0 atom stereocenters. The standard InChI is InChI=1S/C13H17N3O/c1-9-3-4-14-5-11(9)8-16-13(17)10(2)12-6-15-7-12/h3-5,15H,6-8H2,1-2H3,(H,16,17). The number of carbonyl (C=O) groups is 1. The summed E-state index contributed by atoms with van der Waals surface area (Å²) in [6, 6.07) is 1.95. The van der Waals surface area contributed by atoms with Gasteiger partial charge in [-0.25, -0.2) is 0 Å². The maximum Gasteiger partial charge on any atom is 0.247 e. The van der Waals surface area contributed by atoms with Crippen LogP contribution in [-0.4, -0.2) is 24.0 Å². The Balaban J connectivity index is 1.95. The molecule has 0 radical (unpaired) electrons. The SMILES string of the molecule is CC(C(=O)NCc1cnccc1C)=C1CNC1. The predicted octanol–water partition coefficient (Wildman–Crippen LogP) is 0.926. The highest BCUT2D eigenvalue weighted by atomic mass is 16.1. The van der Waals surface area contributed by atoms with Crippen molar-refractivity contribution >= 4 is 5.91 Å². The molecule has 1 amide bonds. The van der Waals surface area contributed by atoms with Gasteiger partial charge in [-0.15, -0.1) is 0 Å². The van der Waals surface area contributed by atoms with Crippen LogP contribution in [0.3, 0.4) is 0 Å². The fraction of sp³-hybridized carbons (Fsp3) is 0.385. The number of hydrogen-bond donors (Lipinski definition) is 2. The van der Waals surface area contributed by atoms with Crippen molar-refractivity contribution in [2.45, 2.75) is 20.4 Å². The number of carbonyl (C=O) groups excluding carboxylic acids is 1. The summed E-state index contributed by atoms with van der Waals surface area (Å²) in [5, 5.41) is 6.06. The number of aromatic nitrogens is 1. The van der Waals surface area contributed by atoms with Gasteiger partial charge >= 0.3 is 0 Å². The zero-order chi connectivity index (χ0) is 12.3. The molecule has 0 spiro atoms. The molecule has 0 bridgehead atoms. The fourth-order valence-corrected chi connectivity index (χ4v) is 1.67. The monoisotopic (exact) mass is 231 g/mol. The molecule has 1 saturated heterocycles. The summed E-state index contributed by atoms with van der Waals surface area (Å²) < 4.78 is 0. The Morgan fingerprint density at radius 2 is 2.29 bits per heavy atom. The highest BCUT2D eigenvalue weighted by molar-refractivity contribution is 5.93. The second-order valence-electron chi connectivity index (χ2n) is 4.32. The topological polar surface area (TPSA) is 54.0 Å². The van der Waals surface area contributed by atoms with E-state index >= 15 is 0 Å². The lowest BCUT2D eigenvalue weighted by Gasteiger charge is -2.21. The number of pyridine rings is 1. The maximum atomic E-state index is 11.8. The van der Waals surface area contributed by atoms with Crippen molar-refractivity contribution in [1.82, 2.24) is 15.6 Å². The van der Waals surface area contributed by atoms with Crippen molar-refractivity contribution in [3.8, 4) is 0 Å². The number of nitrogens with zero attached hydrogens (tertiary/aromatic N) is 1. The summed E-state index contributed by atoms with van der Waals surface area (Å²) in [7, 11) is 0. The molecule has 0 aliphatic carbocycles. The molecule has 0 unspecified atom stereocenters. The normalized spacial score (nSPS) is 14.1. The second kappa shape index (κ2) is 5.10. The van der Waals surface area contributed by atoms with E-state index in [2.05, 4.69) is 15.6 Å². The average molecular weight is 231 g/mol. The van der Waals surface area contributed by atoms with E-state index < -0.39 is 0 Å². The summed E-state index contributed by atoms with van der Waals surface area (Å²) >= 11 is 0. The molecule has 2 heterocycles. The van der Waals surface area contributed by atoms with E-state index in [1.165, 1.54) is 5.57 Å². The second-order valence-corrected chi connectivity index (χ2v) is 4.32. The molecule has 4 nitrogen and oxygen atoms in total. The molecule has 1 fully saturated rings. The van der Waals surface area contributed by atoms with Crippen molar-refractivity contribution < 1.29 is 4.79 Å². The van der Waals surface area contributed by atoms with E-state index in [9.17, 15) is 4.79 Å². The smallest absolute Gasteiger partial charge is 0.247 e. The van der Waals surface area contributed by atoms with Gasteiger partial charge in [-0.05, 0) is 36.6 Å². The molecular weight excluding hydrogens is 214 g/mol. The van der Waals surface area contributed by atoms with Crippen LogP contribution in [0.25, 0.3) is 0 Å². The fourth-order valence-electron chi connectivity index (χ4n) is 1.67. The lowest BCUT2D eigenvalue weighted by atomic mass is 10.0. The molecule has 1 aromatic heterocycles. The highest BCUT2D eigenvalue weighted by Crippen LogP contribution is 2.09. The largest absolute Gasteiger partial charge is 0.348 e. The van der Waals surface area contributed by atoms with Crippen molar-refractivity contribution in [1.29, 1.82) is 0 Å². The van der Waals surface area contributed by atoms with Crippen molar-refractivity contribution in [2.75, 3.05) is 13.1 Å². The summed E-state index contributed by atoms with van der Waals surface area (Å²) in [5.41, 5.74) is 4.25. The van der Waals surface area contributed by atoms with E-state index in [4.69, 9.17) is 0 Å². The first-order chi connectivity index (χ1) is 8.18. The van der Waals surface area contributed by atoms with Crippen LogP contribution in [0.15, 0.2) is 29.6 Å². The van der Waals surface area contributed by atoms with Crippen LogP contribution in [0.4, 0.5) is 0 Å². The number of rotatable bonds is 3. The van der Waals surface area contributed by atoms with Crippen molar-refractivity contribution in [2.24, 2.45) is 0 Å². The van der Waals surface area contributed by atoms with Crippen molar-refractivity contribution in [3.63, 3.8) is 0 Å². The van der Waals surface area contributed by atoms with Gasteiger partial charge in [-0.1, -0.05) is 0 Å². The Morgan fingerprint density at radius 3 is 2.88 bits per heavy atom. The van der Waals surface area contributed by atoms with Gasteiger partial charge in [-0.2, -0.15) is 0 Å². The molecule has 0 saturated carbocycles. The van der Waals surface area contributed by atoms with Gasteiger partial charge in [0.05, 0.1) is 0 Å². The molecule has 1 aliphatic heterocycles. The summed E-state index contributed by atoms with van der Waals surface area (Å²) in [6.45, 7) is 6.11. The average Bonchev–Trinajstić information content (AvgIpc) is 2.25. The quantitative estimate of drug-likeness (QED) is 0.761. The van der Waals surface area contributed by atoms with Gasteiger partial charge < -0.3 is 10.6 Å². The minimum absolute atomic E-state index is 0.0183. The lowest BCUT2D eigenvalue weighted by Crippen LogP contribution is -2.37. The third kappa shape index (κ3) is 2.71. The number of nitrogens with one attached hydrogen (secondary N) is 2. The van der Waals surface area contributed by atoms with Crippen molar-refractivity contribution in [3.05, 3.63) is 40.7 Å². The van der Waals surface area contributed by atoms with Gasteiger partial charge in [0.25, 0.3) is 0 Å². The van der Waals surface area contributed by atoms with Crippen LogP contribution in [-0.2, 0) is 11.3 Å². The highest BCUT2D eigenvalue weighted by Gasteiger charge is 2.15. The minimum atomic E-state index is 0.0183. The first-order valence-corrected chi connectivity index (χ1v) is 5.75. The van der Waals surface area contributed by atoms with E-state index in [0.29, 0.717) is 6.54 Å². The number of hydrogen-bond acceptors (Lipinski definition) is 3. The van der Waals surface area contributed by atoms with Gasteiger partial charge in [0.15, 0.2) is 0 Å². The van der Waals surface area contributed by atoms with Crippen LogP contribution in [0.2, 0.25) is 0 Å². The number of aryl methyl sites for hydroxylation is 1.